The second kappa shape index (κ2) is 6.69. The van der Waals surface area contributed by atoms with Gasteiger partial charge in [-0.15, -0.1) is 0 Å². The third-order valence-electron chi connectivity index (χ3n) is 4.05. The first-order chi connectivity index (χ1) is 12.3. The number of aromatic nitrogens is 3. The first kappa shape index (κ1) is 15.3. The van der Waals surface area contributed by atoms with Crippen LogP contribution in [0, 0.1) is 6.92 Å². The quantitative estimate of drug-likeness (QED) is 0.782. The van der Waals surface area contributed by atoms with E-state index in [1.807, 2.05) is 54.8 Å². The molecule has 0 fully saturated rings. The Kier molecular flexibility index (Phi) is 4.09. The number of hydrogen-bond donors (Lipinski definition) is 1. The topological polar surface area (TPSA) is 50.7 Å². The Labute approximate surface area is 147 Å². The van der Waals surface area contributed by atoms with Gasteiger partial charge in [0.05, 0.1) is 23.1 Å². The molecule has 3 heterocycles. The molecule has 122 valence electrons. The van der Waals surface area contributed by atoms with E-state index >= 15 is 0 Å². The van der Waals surface area contributed by atoms with Crippen molar-refractivity contribution in [2.45, 2.75) is 13.0 Å². The summed E-state index contributed by atoms with van der Waals surface area (Å²) in [6.45, 7) is 2.07. The van der Waals surface area contributed by atoms with Gasteiger partial charge in [0.15, 0.2) is 5.82 Å². The van der Waals surface area contributed by atoms with Crippen molar-refractivity contribution in [2.24, 2.45) is 0 Å². The van der Waals surface area contributed by atoms with Crippen molar-refractivity contribution in [1.29, 1.82) is 0 Å². The van der Waals surface area contributed by atoms with Crippen molar-refractivity contribution in [2.75, 3.05) is 0 Å². The minimum Gasteiger partial charge on any atom is -0.379 e. The van der Waals surface area contributed by atoms with Crippen molar-refractivity contribution < 1.29 is 0 Å². The van der Waals surface area contributed by atoms with Gasteiger partial charge >= 0.3 is 0 Å². The average Bonchev–Trinajstić information content (AvgIpc) is 2.69. The van der Waals surface area contributed by atoms with E-state index in [4.69, 9.17) is 9.97 Å². The Morgan fingerprint density at radius 3 is 2.64 bits per heavy atom. The first-order valence-electron chi connectivity index (χ1n) is 8.26. The summed E-state index contributed by atoms with van der Waals surface area (Å²) in [5.41, 5.74) is 4.79. The van der Waals surface area contributed by atoms with Gasteiger partial charge in [0.25, 0.3) is 0 Å². The van der Waals surface area contributed by atoms with Crippen molar-refractivity contribution in [3.05, 3.63) is 90.4 Å². The number of pyridine rings is 1. The third kappa shape index (κ3) is 3.33. The summed E-state index contributed by atoms with van der Waals surface area (Å²) in [5, 5.41) is 3.33. The fraction of sp³-hybridized carbons (Fsp3) is 0.0952. The molecule has 1 aliphatic rings. The molecule has 0 bridgehead atoms. The van der Waals surface area contributed by atoms with Gasteiger partial charge in [0.1, 0.15) is 0 Å². The summed E-state index contributed by atoms with van der Waals surface area (Å²) in [4.78, 5) is 14.0. The Morgan fingerprint density at radius 1 is 0.920 bits per heavy atom. The largest absolute Gasteiger partial charge is 0.379 e. The van der Waals surface area contributed by atoms with Crippen LogP contribution >= 0.6 is 0 Å². The highest BCUT2D eigenvalue weighted by molar-refractivity contribution is 5.62. The van der Waals surface area contributed by atoms with Gasteiger partial charge < -0.3 is 5.32 Å². The van der Waals surface area contributed by atoms with Crippen LogP contribution in [0.15, 0.2) is 79.2 Å². The fourth-order valence-electron chi connectivity index (χ4n) is 2.81. The number of nitrogens with zero attached hydrogens (tertiary/aromatic N) is 3. The van der Waals surface area contributed by atoms with Gasteiger partial charge in [-0.05, 0) is 43.5 Å². The maximum absolute atomic E-state index is 4.81. The molecule has 1 aromatic carbocycles. The minimum atomic E-state index is 0.0269. The monoisotopic (exact) mass is 326 g/mol. The molecule has 0 saturated carbocycles. The van der Waals surface area contributed by atoms with Crippen LogP contribution in [-0.2, 0) is 0 Å². The number of aryl methyl sites for hydroxylation is 1. The zero-order valence-electron chi connectivity index (χ0n) is 13.9. The highest BCUT2D eigenvalue weighted by Gasteiger charge is 2.15. The van der Waals surface area contributed by atoms with Gasteiger partial charge in [-0.1, -0.05) is 42.0 Å². The zero-order chi connectivity index (χ0) is 17.1. The maximum atomic E-state index is 4.81. The molecule has 4 rings (SSSR count). The lowest BCUT2D eigenvalue weighted by molar-refractivity contribution is 0.719. The number of benzene rings is 1. The summed E-state index contributed by atoms with van der Waals surface area (Å²) in [5.74, 6) is 0.714. The summed E-state index contributed by atoms with van der Waals surface area (Å²) < 4.78 is 0. The second-order valence-electron chi connectivity index (χ2n) is 5.97. The van der Waals surface area contributed by atoms with E-state index in [0.717, 1.165) is 22.6 Å². The lowest BCUT2D eigenvalue weighted by Gasteiger charge is -2.17. The fourth-order valence-corrected chi connectivity index (χ4v) is 2.81. The van der Waals surface area contributed by atoms with Crippen molar-refractivity contribution in [3.8, 4) is 22.8 Å². The molecule has 0 saturated heterocycles. The van der Waals surface area contributed by atoms with E-state index in [9.17, 15) is 0 Å². The summed E-state index contributed by atoms with van der Waals surface area (Å²) in [6, 6.07) is 16.1. The molecular formula is C21H18N4. The van der Waals surface area contributed by atoms with Gasteiger partial charge in [-0.2, -0.15) is 0 Å². The number of allylic oxidation sites excluding steroid dienone is 2. The molecule has 4 heteroatoms. The minimum absolute atomic E-state index is 0.0269. The predicted molar refractivity (Wildman–Crippen MR) is 99.6 cm³/mol. The predicted octanol–water partition coefficient (Wildman–Crippen LogP) is 4.23. The molecule has 4 nitrogen and oxygen atoms in total. The van der Waals surface area contributed by atoms with Crippen LogP contribution in [0.4, 0.5) is 0 Å². The molecule has 25 heavy (non-hydrogen) atoms. The van der Waals surface area contributed by atoms with Crippen LogP contribution in [0.2, 0.25) is 0 Å². The highest BCUT2D eigenvalue weighted by atomic mass is 15.0. The third-order valence-corrected chi connectivity index (χ3v) is 4.05. The maximum Gasteiger partial charge on any atom is 0.160 e. The van der Waals surface area contributed by atoms with Gasteiger partial charge in [-0.3, -0.25) is 4.98 Å². The standard InChI is InChI=1S/C21H18N4/c1-15-7-6-8-16(13-15)21-24-19(17-9-2-4-11-22-17)14-20(25-21)18-10-3-5-12-23-18/h2-14,17,22H,1H3. The van der Waals surface area contributed by atoms with Crippen LogP contribution in [-0.4, -0.2) is 15.0 Å². The van der Waals surface area contributed by atoms with E-state index in [2.05, 4.69) is 35.4 Å². The van der Waals surface area contributed by atoms with E-state index in [1.54, 1.807) is 6.20 Å². The van der Waals surface area contributed by atoms with Crippen LogP contribution in [0.3, 0.4) is 0 Å². The highest BCUT2D eigenvalue weighted by Crippen LogP contribution is 2.25. The van der Waals surface area contributed by atoms with E-state index < -0.39 is 0 Å². The SMILES string of the molecule is Cc1cccc(-c2nc(-c3ccccn3)cc(C3C=CC=CN3)n2)c1. The molecule has 3 aromatic rings. The normalized spacial score (nSPS) is 15.8. The van der Waals surface area contributed by atoms with Crippen LogP contribution < -0.4 is 5.32 Å². The van der Waals surface area contributed by atoms with E-state index in [1.165, 1.54) is 5.56 Å². The second-order valence-corrected chi connectivity index (χ2v) is 5.97. The Bertz CT molecular complexity index is 945. The lowest BCUT2D eigenvalue weighted by atomic mass is 10.1. The molecule has 0 spiro atoms. The Balaban J connectivity index is 1.86. The molecule has 0 aliphatic carbocycles. The van der Waals surface area contributed by atoms with E-state index in [0.29, 0.717) is 5.82 Å². The molecule has 0 amide bonds. The number of dihydropyridines is 1. The van der Waals surface area contributed by atoms with E-state index in [-0.39, 0.29) is 6.04 Å². The summed E-state index contributed by atoms with van der Waals surface area (Å²) in [6.07, 6.45) is 9.80. The van der Waals surface area contributed by atoms with Crippen molar-refractivity contribution >= 4 is 0 Å². The van der Waals surface area contributed by atoms with Crippen LogP contribution in [0.1, 0.15) is 17.3 Å². The average molecular weight is 326 g/mol. The number of nitrogens with one attached hydrogen (secondary N) is 1. The van der Waals surface area contributed by atoms with Gasteiger partial charge in [0.2, 0.25) is 0 Å². The van der Waals surface area contributed by atoms with Crippen molar-refractivity contribution in [1.82, 2.24) is 20.3 Å². The van der Waals surface area contributed by atoms with Crippen molar-refractivity contribution in [3.63, 3.8) is 0 Å². The Hall–Kier alpha value is -3.27. The molecular weight excluding hydrogens is 308 g/mol. The number of hydrogen-bond acceptors (Lipinski definition) is 4. The van der Waals surface area contributed by atoms with Gasteiger partial charge in [-0.25, -0.2) is 9.97 Å². The molecule has 1 N–H and O–H groups in total. The molecule has 1 atom stereocenters. The molecule has 1 unspecified atom stereocenters. The zero-order valence-corrected chi connectivity index (χ0v) is 13.9. The molecule has 2 aromatic heterocycles. The lowest BCUT2D eigenvalue weighted by Crippen LogP contribution is -2.17. The van der Waals surface area contributed by atoms with Crippen LogP contribution in [0.5, 0.6) is 0 Å². The smallest absolute Gasteiger partial charge is 0.160 e. The summed E-state index contributed by atoms with van der Waals surface area (Å²) in [7, 11) is 0. The molecule has 1 aliphatic heterocycles. The Morgan fingerprint density at radius 2 is 1.88 bits per heavy atom. The number of rotatable bonds is 3. The van der Waals surface area contributed by atoms with Gasteiger partial charge in [0, 0.05) is 11.8 Å². The molecule has 0 radical (unpaired) electrons. The van der Waals surface area contributed by atoms with Crippen LogP contribution in [0.25, 0.3) is 22.8 Å². The summed E-state index contributed by atoms with van der Waals surface area (Å²) >= 11 is 0. The first-order valence-corrected chi connectivity index (χ1v) is 8.26.